The SMILES string of the molecule is Cc1cc(Br)c(C)c(/C=C/CN)c1O. The normalized spacial score (nSPS) is 11.1. The van der Waals surface area contributed by atoms with E-state index in [1.165, 1.54) is 0 Å². The van der Waals surface area contributed by atoms with Gasteiger partial charge in [-0.1, -0.05) is 28.1 Å². The van der Waals surface area contributed by atoms with Gasteiger partial charge in [-0.15, -0.1) is 0 Å². The molecule has 0 aliphatic rings. The molecule has 0 saturated carbocycles. The molecule has 0 fully saturated rings. The minimum Gasteiger partial charge on any atom is -0.507 e. The monoisotopic (exact) mass is 255 g/mol. The number of halogens is 1. The molecule has 0 aromatic heterocycles. The number of benzene rings is 1. The number of phenolic OH excluding ortho intramolecular Hbond substituents is 1. The van der Waals surface area contributed by atoms with Crippen molar-refractivity contribution in [3.63, 3.8) is 0 Å². The van der Waals surface area contributed by atoms with Crippen molar-refractivity contribution in [3.8, 4) is 5.75 Å². The molecule has 0 radical (unpaired) electrons. The molecule has 3 N–H and O–H groups in total. The first-order valence-corrected chi connectivity index (χ1v) is 5.22. The van der Waals surface area contributed by atoms with E-state index in [4.69, 9.17) is 5.73 Å². The van der Waals surface area contributed by atoms with Gasteiger partial charge in [-0.3, -0.25) is 0 Å². The molecule has 14 heavy (non-hydrogen) atoms. The summed E-state index contributed by atoms with van der Waals surface area (Å²) in [5.41, 5.74) is 8.09. The number of aryl methyl sites for hydroxylation is 1. The van der Waals surface area contributed by atoms with Crippen LogP contribution in [0.5, 0.6) is 5.75 Å². The second kappa shape index (κ2) is 4.62. The molecule has 0 amide bonds. The molecule has 1 aromatic carbocycles. The highest BCUT2D eigenvalue weighted by Gasteiger charge is 2.08. The highest BCUT2D eigenvalue weighted by Crippen LogP contribution is 2.32. The topological polar surface area (TPSA) is 46.2 Å². The Hall–Kier alpha value is -0.800. The molecule has 0 aliphatic carbocycles. The van der Waals surface area contributed by atoms with Crippen molar-refractivity contribution in [3.05, 3.63) is 33.3 Å². The molecule has 0 spiro atoms. The third-order valence-corrected chi connectivity index (χ3v) is 2.98. The fourth-order valence-electron chi connectivity index (χ4n) is 1.28. The lowest BCUT2D eigenvalue weighted by Crippen LogP contribution is -1.93. The fourth-order valence-corrected chi connectivity index (χ4v) is 1.83. The van der Waals surface area contributed by atoms with E-state index in [1.807, 2.05) is 32.1 Å². The van der Waals surface area contributed by atoms with Crippen molar-refractivity contribution < 1.29 is 5.11 Å². The summed E-state index contributed by atoms with van der Waals surface area (Å²) >= 11 is 3.45. The van der Waals surface area contributed by atoms with Crippen molar-refractivity contribution >= 4 is 22.0 Å². The van der Waals surface area contributed by atoms with Gasteiger partial charge in [0.25, 0.3) is 0 Å². The van der Waals surface area contributed by atoms with Gasteiger partial charge in [0.15, 0.2) is 0 Å². The summed E-state index contributed by atoms with van der Waals surface area (Å²) in [5.74, 6) is 0.329. The van der Waals surface area contributed by atoms with E-state index in [-0.39, 0.29) is 0 Å². The summed E-state index contributed by atoms with van der Waals surface area (Å²) in [6.07, 6.45) is 3.68. The number of phenols is 1. The van der Waals surface area contributed by atoms with Crippen LogP contribution in [0.3, 0.4) is 0 Å². The predicted molar refractivity (Wildman–Crippen MR) is 63.4 cm³/mol. The van der Waals surface area contributed by atoms with Gasteiger partial charge in [-0.2, -0.15) is 0 Å². The average molecular weight is 256 g/mol. The number of aromatic hydroxyl groups is 1. The van der Waals surface area contributed by atoms with E-state index in [0.717, 1.165) is 21.2 Å². The molecular weight excluding hydrogens is 242 g/mol. The maximum absolute atomic E-state index is 9.82. The zero-order valence-electron chi connectivity index (χ0n) is 8.34. The standard InChI is InChI=1S/C11H14BrNO/c1-7-6-10(12)8(2)9(11(7)14)4-3-5-13/h3-4,6,14H,5,13H2,1-2H3/b4-3+. The number of rotatable bonds is 2. The first kappa shape index (κ1) is 11.3. The molecule has 0 saturated heterocycles. The summed E-state index contributed by atoms with van der Waals surface area (Å²) in [6, 6.07) is 1.91. The van der Waals surface area contributed by atoms with Gasteiger partial charge in [0.1, 0.15) is 5.75 Å². The molecule has 0 atom stereocenters. The zero-order valence-corrected chi connectivity index (χ0v) is 9.93. The van der Waals surface area contributed by atoms with Gasteiger partial charge >= 0.3 is 0 Å². The maximum atomic E-state index is 9.82. The lowest BCUT2D eigenvalue weighted by molar-refractivity contribution is 0.469. The number of nitrogens with two attached hydrogens (primary N) is 1. The Bertz CT molecular complexity index is 346. The molecule has 0 heterocycles. The Morgan fingerprint density at radius 2 is 2.14 bits per heavy atom. The van der Waals surface area contributed by atoms with Gasteiger partial charge in [-0.05, 0) is 31.0 Å². The van der Waals surface area contributed by atoms with E-state index >= 15 is 0 Å². The predicted octanol–water partition coefficient (Wildman–Crippen LogP) is 2.74. The summed E-state index contributed by atoms with van der Waals surface area (Å²) in [4.78, 5) is 0. The van der Waals surface area contributed by atoms with Crippen LogP contribution >= 0.6 is 15.9 Å². The molecule has 0 aliphatic heterocycles. The Balaban J connectivity index is 3.32. The van der Waals surface area contributed by atoms with Crippen LogP contribution in [0.15, 0.2) is 16.6 Å². The van der Waals surface area contributed by atoms with Crippen LogP contribution in [0.2, 0.25) is 0 Å². The van der Waals surface area contributed by atoms with Crippen LogP contribution in [0.1, 0.15) is 16.7 Å². The Morgan fingerprint density at radius 3 is 2.71 bits per heavy atom. The van der Waals surface area contributed by atoms with E-state index in [0.29, 0.717) is 12.3 Å². The number of hydrogen-bond acceptors (Lipinski definition) is 2. The van der Waals surface area contributed by atoms with Crippen molar-refractivity contribution in [2.45, 2.75) is 13.8 Å². The highest BCUT2D eigenvalue weighted by molar-refractivity contribution is 9.10. The third kappa shape index (κ3) is 2.16. The van der Waals surface area contributed by atoms with Gasteiger partial charge in [0, 0.05) is 16.6 Å². The lowest BCUT2D eigenvalue weighted by atomic mass is 10.0. The summed E-state index contributed by atoms with van der Waals surface area (Å²) < 4.78 is 1.00. The quantitative estimate of drug-likeness (QED) is 0.854. The molecule has 76 valence electrons. The van der Waals surface area contributed by atoms with E-state index < -0.39 is 0 Å². The van der Waals surface area contributed by atoms with E-state index in [2.05, 4.69) is 15.9 Å². The van der Waals surface area contributed by atoms with Crippen LogP contribution < -0.4 is 5.73 Å². The second-order valence-corrected chi connectivity index (χ2v) is 4.05. The van der Waals surface area contributed by atoms with Gasteiger partial charge in [0.05, 0.1) is 0 Å². The van der Waals surface area contributed by atoms with Gasteiger partial charge < -0.3 is 10.8 Å². The van der Waals surface area contributed by atoms with Crippen LogP contribution in [0.25, 0.3) is 6.08 Å². The molecule has 2 nitrogen and oxygen atoms in total. The maximum Gasteiger partial charge on any atom is 0.126 e. The third-order valence-electron chi connectivity index (χ3n) is 2.15. The van der Waals surface area contributed by atoms with Crippen LogP contribution in [0.4, 0.5) is 0 Å². The minimum absolute atomic E-state index is 0.329. The van der Waals surface area contributed by atoms with Crippen molar-refractivity contribution in [1.29, 1.82) is 0 Å². The van der Waals surface area contributed by atoms with E-state index in [9.17, 15) is 5.11 Å². The molecule has 0 unspecified atom stereocenters. The first-order chi connectivity index (χ1) is 6.57. The second-order valence-electron chi connectivity index (χ2n) is 3.20. The molecule has 1 rings (SSSR count). The Kier molecular flexibility index (Phi) is 3.72. The zero-order chi connectivity index (χ0) is 10.7. The van der Waals surface area contributed by atoms with Crippen LogP contribution in [-0.4, -0.2) is 11.7 Å². The first-order valence-electron chi connectivity index (χ1n) is 4.43. The van der Waals surface area contributed by atoms with Crippen molar-refractivity contribution in [1.82, 2.24) is 0 Å². The Labute approximate surface area is 92.6 Å². The van der Waals surface area contributed by atoms with Crippen LogP contribution in [0, 0.1) is 13.8 Å². The summed E-state index contributed by atoms with van der Waals surface area (Å²) in [6.45, 7) is 4.31. The molecule has 3 heteroatoms. The summed E-state index contributed by atoms with van der Waals surface area (Å²) in [7, 11) is 0. The van der Waals surface area contributed by atoms with Gasteiger partial charge in [0.2, 0.25) is 0 Å². The molecule has 0 bridgehead atoms. The molecular formula is C11H14BrNO. The van der Waals surface area contributed by atoms with Crippen molar-refractivity contribution in [2.24, 2.45) is 5.73 Å². The Morgan fingerprint density at radius 1 is 1.50 bits per heavy atom. The lowest BCUT2D eigenvalue weighted by Gasteiger charge is -2.09. The van der Waals surface area contributed by atoms with Crippen molar-refractivity contribution in [2.75, 3.05) is 6.54 Å². The van der Waals surface area contributed by atoms with E-state index in [1.54, 1.807) is 0 Å². The minimum atomic E-state index is 0.329. The highest BCUT2D eigenvalue weighted by atomic mass is 79.9. The molecule has 1 aromatic rings. The van der Waals surface area contributed by atoms with Gasteiger partial charge in [-0.25, -0.2) is 0 Å². The smallest absolute Gasteiger partial charge is 0.126 e. The summed E-state index contributed by atoms with van der Waals surface area (Å²) in [5, 5.41) is 9.82. The largest absolute Gasteiger partial charge is 0.507 e. The number of hydrogen-bond donors (Lipinski definition) is 2. The average Bonchev–Trinajstić information content (AvgIpc) is 2.15. The fraction of sp³-hybridized carbons (Fsp3) is 0.273. The van der Waals surface area contributed by atoms with Crippen LogP contribution in [-0.2, 0) is 0 Å².